The van der Waals surface area contributed by atoms with Gasteiger partial charge in [-0.1, -0.05) is 54.6 Å². The molecular formula is C22H28N2O2. The van der Waals surface area contributed by atoms with E-state index < -0.39 is 0 Å². The smallest absolute Gasteiger partial charge is 0.246 e. The number of likely N-dealkylation sites (tertiary alicyclic amines) is 1. The predicted molar refractivity (Wildman–Crippen MR) is 105 cm³/mol. The van der Waals surface area contributed by atoms with Gasteiger partial charge in [0.15, 0.2) is 0 Å². The number of carbonyl (C=O) groups excluding carboxylic acids is 1. The zero-order valence-corrected chi connectivity index (χ0v) is 15.5. The molecular weight excluding hydrogens is 324 g/mol. The molecule has 0 aliphatic carbocycles. The Balaban J connectivity index is 1.45. The Morgan fingerprint density at radius 3 is 2.35 bits per heavy atom. The van der Waals surface area contributed by atoms with E-state index in [1.807, 2.05) is 13.0 Å². The van der Waals surface area contributed by atoms with Gasteiger partial charge < -0.3 is 10.1 Å². The molecule has 3 rings (SSSR count). The van der Waals surface area contributed by atoms with Crippen LogP contribution in [0.15, 0.2) is 54.6 Å². The Labute approximate surface area is 156 Å². The van der Waals surface area contributed by atoms with Crippen LogP contribution < -0.4 is 5.32 Å². The molecule has 1 amide bonds. The number of hydrogen-bond donors (Lipinski definition) is 1. The lowest BCUT2D eigenvalue weighted by Gasteiger charge is -2.32. The molecule has 1 fully saturated rings. The van der Waals surface area contributed by atoms with E-state index in [4.69, 9.17) is 4.74 Å². The van der Waals surface area contributed by atoms with Crippen LogP contribution in [0.4, 0.5) is 0 Å². The zero-order valence-electron chi connectivity index (χ0n) is 15.5. The molecule has 0 aromatic heterocycles. The summed E-state index contributed by atoms with van der Waals surface area (Å²) >= 11 is 0. The van der Waals surface area contributed by atoms with Crippen molar-refractivity contribution < 1.29 is 9.53 Å². The number of piperidine rings is 1. The van der Waals surface area contributed by atoms with Crippen LogP contribution in [0.1, 0.15) is 25.3 Å². The second kappa shape index (κ2) is 9.51. The number of nitrogens with zero attached hydrogens (tertiary/aromatic N) is 1. The molecule has 0 bridgehead atoms. The van der Waals surface area contributed by atoms with E-state index in [-0.39, 0.29) is 18.6 Å². The van der Waals surface area contributed by atoms with E-state index in [2.05, 4.69) is 58.7 Å². The topological polar surface area (TPSA) is 41.6 Å². The molecule has 1 aliphatic rings. The van der Waals surface area contributed by atoms with E-state index in [1.165, 1.54) is 16.7 Å². The second-order valence-corrected chi connectivity index (χ2v) is 6.82. The van der Waals surface area contributed by atoms with E-state index in [0.29, 0.717) is 6.61 Å². The number of ether oxygens (including phenoxy) is 1. The van der Waals surface area contributed by atoms with E-state index >= 15 is 0 Å². The molecule has 26 heavy (non-hydrogen) atoms. The van der Waals surface area contributed by atoms with Gasteiger partial charge in [0.1, 0.15) is 6.61 Å². The lowest BCUT2D eigenvalue weighted by Crippen LogP contribution is -2.45. The normalized spacial score (nSPS) is 15.7. The van der Waals surface area contributed by atoms with Gasteiger partial charge in [0.05, 0.1) is 0 Å². The van der Waals surface area contributed by atoms with Gasteiger partial charge in [-0.05, 0) is 36.5 Å². The molecule has 1 N–H and O–H groups in total. The minimum atomic E-state index is 0.00167. The summed E-state index contributed by atoms with van der Waals surface area (Å²) in [6, 6.07) is 19.6. The monoisotopic (exact) mass is 352 g/mol. The SMILES string of the molecule is CCOCC(=O)NC1CCN(Cc2ccc(-c3ccccc3)cc2)CC1. The summed E-state index contributed by atoms with van der Waals surface area (Å²) in [5.74, 6) is 0.00167. The number of carbonyl (C=O) groups is 1. The van der Waals surface area contributed by atoms with Gasteiger partial charge in [0.25, 0.3) is 0 Å². The van der Waals surface area contributed by atoms with Crippen LogP contribution in [0.25, 0.3) is 11.1 Å². The average molecular weight is 352 g/mol. The third-order valence-corrected chi connectivity index (χ3v) is 4.86. The fourth-order valence-corrected chi connectivity index (χ4v) is 3.39. The number of benzene rings is 2. The molecule has 0 unspecified atom stereocenters. The van der Waals surface area contributed by atoms with Crippen LogP contribution in [0.5, 0.6) is 0 Å². The first kappa shape index (κ1) is 18.6. The van der Waals surface area contributed by atoms with E-state index in [0.717, 1.165) is 32.5 Å². The second-order valence-electron chi connectivity index (χ2n) is 6.82. The Kier molecular flexibility index (Phi) is 6.81. The van der Waals surface area contributed by atoms with Crippen LogP contribution in [0, 0.1) is 0 Å². The molecule has 0 saturated carbocycles. The summed E-state index contributed by atoms with van der Waals surface area (Å²) in [6.45, 7) is 5.65. The predicted octanol–water partition coefficient (Wildman–Crippen LogP) is 3.47. The van der Waals surface area contributed by atoms with Gasteiger partial charge in [-0.25, -0.2) is 0 Å². The van der Waals surface area contributed by atoms with Crippen LogP contribution >= 0.6 is 0 Å². The molecule has 1 aliphatic heterocycles. The molecule has 1 saturated heterocycles. The quantitative estimate of drug-likeness (QED) is 0.830. The zero-order chi connectivity index (χ0) is 18.2. The maximum Gasteiger partial charge on any atom is 0.246 e. The lowest BCUT2D eigenvalue weighted by atomic mass is 10.0. The standard InChI is InChI=1S/C22H28N2O2/c1-2-26-17-22(25)23-21-12-14-24(15-13-21)16-18-8-10-20(11-9-18)19-6-4-3-5-7-19/h3-11,21H,2,12-17H2,1H3,(H,23,25). The first-order valence-corrected chi connectivity index (χ1v) is 9.48. The molecule has 0 spiro atoms. The average Bonchev–Trinajstić information content (AvgIpc) is 2.69. The Hall–Kier alpha value is -2.17. The highest BCUT2D eigenvalue weighted by Crippen LogP contribution is 2.20. The van der Waals surface area contributed by atoms with E-state index in [9.17, 15) is 4.79 Å². The van der Waals surface area contributed by atoms with Gasteiger partial charge in [-0.3, -0.25) is 9.69 Å². The van der Waals surface area contributed by atoms with Crippen molar-refractivity contribution in [3.05, 3.63) is 60.2 Å². The van der Waals surface area contributed by atoms with Gasteiger partial charge in [-0.2, -0.15) is 0 Å². The molecule has 0 radical (unpaired) electrons. The number of hydrogen-bond acceptors (Lipinski definition) is 3. The molecule has 4 nitrogen and oxygen atoms in total. The summed E-state index contributed by atoms with van der Waals surface area (Å²) in [5.41, 5.74) is 3.84. The first-order valence-electron chi connectivity index (χ1n) is 9.48. The van der Waals surface area contributed by atoms with Crippen molar-refractivity contribution in [2.24, 2.45) is 0 Å². The lowest BCUT2D eigenvalue weighted by molar-refractivity contribution is -0.126. The minimum absolute atomic E-state index is 0.00167. The maximum absolute atomic E-state index is 11.7. The van der Waals surface area contributed by atoms with Crippen LogP contribution in [0.3, 0.4) is 0 Å². The van der Waals surface area contributed by atoms with Crippen molar-refractivity contribution in [2.75, 3.05) is 26.3 Å². The van der Waals surface area contributed by atoms with Crippen molar-refractivity contribution in [3.63, 3.8) is 0 Å². The van der Waals surface area contributed by atoms with E-state index in [1.54, 1.807) is 0 Å². The molecule has 4 heteroatoms. The molecule has 2 aromatic carbocycles. The summed E-state index contributed by atoms with van der Waals surface area (Å²) in [7, 11) is 0. The minimum Gasteiger partial charge on any atom is -0.372 e. The largest absolute Gasteiger partial charge is 0.372 e. The Morgan fingerprint density at radius 1 is 1.04 bits per heavy atom. The van der Waals surface area contributed by atoms with Gasteiger partial charge in [0.2, 0.25) is 5.91 Å². The van der Waals surface area contributed by atoms with Crippen LogP contribution in [0.2, 0.25) is 0 Å². The van der Waals surface area contributed by atoms with Crippen molar-refractivity contribution in [3.8, 4) is 11.1 Å². The fraction of sp³-hybridized carbons (Fsp3) is 0.409. The van der Waals surface area contributed by atoms with Gasteiger partial charge in [-0.15, -0.1) is 0 Å². The highest BCUT2D eigenvalue weighted by molar-refractivity contribution is 5.77. The number of nitrogens with one attached hydrogen (secondary N) is 1. The number of rotatable bonds is 7. The molecule has 138 valence electrons. The van der Waals surface area contributed by atoms with Crippen molar-refractivity contribution in [1.82, 2.24) is 10.2 Å². The van der Waals surface area contributed by atoms with Crippen LogP contribution in [-0.4, -0.2) is 43.2 Å². The molecule has 2 aromatic rings. The fourth-order valence-electron chi connectivity index (χ4n) is 3.39. The van der Waals surface area contributed by atoms with Gasteiger partial charge in [0, 0.05) is 32.3 Å². The van der Waals surface area contributed by atoms with Gasteiger partial charge >= 0.3 is 0 Å². The highest BCUT2D eigenvalue weighted by Gasteiger charge is 2.20. The van der Waals surface area contributed by atoms with Crippen molar-refractivity contribution in [1.29, 1.82) is 0 Å². The Morgan fingerprint density at radius 2 is 1.69 bits per heavy atom. The summed E-state index contributed by atoms with van der Waals surface area (Å²) < 4.78 is 5.16. The summed E-state index contributed by atoms with van der Waals surface area (Å²) in [6.07, 6.45) is 2.00. The van der Waals surface area contributed by atoms with Crippen LogP contribution in [-0.2, 0) is 16.1 Å². The molecule has 0 atom stereocenters. The van der Waals surface area contributed by atoms with Crippen molar-refractivity contribution in [2.45, 2.75) is 32.4 Å². The molecule has 1 heterocycles. The third kappa shape index (κ3) is 5.41. The first-order chi connectivity index (χ1) is 12.7. The van der Waals surface area contributed by atoms with Crippen molar-refractivity contribution >= 4 is 5.91 Å². The maximum atomic E-state index is 11.7. The summed E-state index contributed by atoms with van der Waals surface area (Å²) in [4.78, 5) is 14.2. The Bertz CT molecular complexity index is 677. The third-order valence-electron chi connectivity index (χ3n) is 4.86. The number of amides is 1. The summed E-state index contributed by atoms with van der Waals surface area (Å²) in [5, 5.41) is 3.07. The highest BCUT2D eigenvalue weighted by atomic mass is 16.5.